The zero-order chi connectivity index (χ0) is 18.2. The number of hydrogen-bond acceptors (Lipinski definition) is 3. The van der Waals surface area contributed by atoms with Crippen LogP contribution in [0.1, 0.15) is 42.7 Å². The lowest BCUT2D eigenvalue weighted by molar-refractivity contribution is 0.0717. The van der Waals surface area contributed by atoms with E-state index in [0.29, 0.717) is 12.1 Å². The Hall–Kier alpha value is -2.17. The maximum atomic E-state index is 14.4. The summed E-state index contributed by atoms with van der Waals surface area (Å²) in [5.74, 6) is 1.52. The smallest absolute Gasteiger partial charge is 0.128 e. The topological polar surface area (TPSA) is 34.2 Å². The van der Waals surface area contributed by atoms with E-state index in [9.17, 15) is 4.39 Å². The lowest BCUT2D eigenvalue weighted by atomic mass is 9.88. The first-order valence-electron chi connectivity index (χ1n) is 9.79. The second kappa shape index (κ2) is 8.06. The van der Waals surface area contributed by atoms with Crippen molar-refractivity contribution in [1.82, 2.24) is 10.3 Å². The van der Waals surface area contributed by atoms with Gasteiger partial charge < -0.3 is 10.1 Å². The van der Waals surface area contributed by atoms with Gasteiger partial charge in [0.1, 0.15) is 17.7 Å². The number of nitrogens with zero attached hydrogens (tertiary/aromatic N) is 1. The largest absolute Gasteiger partial charge is 0.489 e. The summed E-state index contributed by atoms with van der Waals surface area (Å²) in [6.07, 6.45) is 8.36. The molecule has 3 aromatic rings. The van der Waals surface area contributed by atoms with Gasteiger partial charge in [0.25, 0.3) is 0 Å². The molecule has 0 spiro atoms. The summed E-state index contributed by atoms with van der Waals surface area (Å²) in [5.41, 5.74) is 2.13. The fourth-order valence-corrected chi connectivity index (χ4v) is 3.87. The third kappa shape index (κ3) is 3.85. The highest BCUT2D eigenvalue weighted by atomic mass is 35.5. The van der Waals surface area contributed by atoms with Crippen molar-refractivity contribution in [2.24, 2.45) is 0 Å². The van der Waals surface area contributed by atoms with Gasteiger partial charge >= 0.3 is 0 Å². The molecular formula is C23H24ClFN2O. The molecule has 28 heavy (non-hydrogen) atoms. The van der Waals surface area contributed by atoms with Crippen LogP contribution in [0.25, 0.3) is 10.8 Å². The molecule has 146 valence electrons. The van der Waals surface area contributed by atoms with Crippen molar-refractivity contribution in [2.45, 2.75) is 50.3 Å². The van der Waals surface area contributed by atoms with Crippen molar-refractivity contribution in [2.75, 3.05) is 0 Å². The first-order valence-corrected chi connectivity index (χ1v) is 9.79. The quantitative estimate of drug-likeness (QED) is 0.605. The van der Waals surface area contributed by atoms with E-state index in [0.717, 1.165) is 35.3 Å². The molecule has 0 radical (unpaired) electrons. The van der Waals surface area contributed by atoms with Crippen molar-refractivity contribution in [1.29, 1.82) is 0 Å². The van der Waals surface area contributed by atoms with Gasteiger partial charge in [0.2, 0.25) is 0 Å². The maximum Gasteiger partial charge on any atom is 0.128 e. The standard InChI is InChI=1S/C23H23FN2O.ClH/c24-21-8-5-17-13-25-12-11-19(17)20(21)14-26-22-9-10-23(22)27-18-6-3-16(4-7-18)15-1-2-15;/h3-8,11-13,15,22-23,26H,1-2,9-10,14H2;1H/t22-,23-;/m1./s1. The van der Waals surface area contributed by atoms with Gasteiger partial charge in [-0.15, -0.1) is 12.4 Å². The number of benzene rings is 2. The second-order valence-electron chi connectivity index (χ2n) is 7.69. The Labute approximate surface area is 170 Å². The summed E-state index contributed by atoms with van der Waals surface area (Å²) < 4.78 is 20.5. The van der Waals surface area contributed by atoms with Crippen LogP contribution in [0.2, 0.25) is 0 Å². The summed E-state index contributed by atoms with van der Waals surface area (Å²) in [6, 6.07) is 14.0. The average molecular weight is 399 g/mol. The van der Waals surface area contributed by atoms with Gasteiger partial charge in [0.05, 0.1) is 0 Å². The Bertz CT molecular complexity index is 958. The molecule has 2 aliphatic rings. The molecule has 2 aromatic carbocycles. The molecule has 0 aliphatic heterocycles. The molecule has 0 saturated heterocycles. The summed E-state index contributed by atoms with van der Waals surface area (Å²) >= 11 is 0. The van der Waals surface area contributed by atoms with Crippen molar-refractivity contribution < 1.29 is 9.13 Å². The molecule has 3 nitrogen and oxygen atoms in total. The summed E-state index contributed by atoms with van der Waals surface area (Å²) in [4.78, 5) is 4.12. The Morgan fingerprint density at radius 3 is 2.54 bits per heavy atom. The lowest BCUT2D eigenvalue weighted by Gasteiger charge is -2.37. The molecular weight excluding hydrogens is 375 g/mol. The van der Waals surface area contributed by atoms with Crippen LogP contribution < -0.4 is 10.1 Å². The predicted molar refractivity (Wildman–Crippen MR) is 112 cm³/mol. The highest BCUT2D eigenvalue weighted by molar-refractivity contribution is 5.85. The van der Waals surface area contributed by atoms with Crippen LogP contribution in [0.5, 0.6) is 5.75 Å². The number of fused-ring (bicyclic) bond motifs is 1. The van der Waals surface area contributed by atoms with E-state index in [1.807, 2.05) is 6.07 Å². The number of nitrogens with one attached hydrogen (secondary N) is 1. The van der Waals surface area contributed by atoms with Crippen molar-refractivity contribution in [3.63, 3.8) is 0 Å². The fraction of sp³-hybridized carbons (Fsp3) is 0.348. The number of rotatable bonds is 6. The molecule has 0 bridgehead atoms. The van der Waals surface area contributed by atoms with E-state index in [1.165, 1.54) is 24.5 Å². The number of aromatic nitrogens is 1. The minimum Gasteiger partial charge on any atom is -0.489 e. The van der Waals surface area contributed by atoms with E-state index in [2.05, 4.69) is 34.6 Å². The highest BCUT2D eigenvalue weighted by Gasteiger charge is 2.32. The van der Waals surface area contributed by atoms with Gasteiger partial charge in [-0.3, -0.25) is 4.98 Å². The molecule has 2 aliphatic carbocycles. The molecule has 0 amide bonds. The monoisotopic (exact) mass is 398 g/mol. The zero-order valence-electron chi connectivity index (χ0n) is 15.6. The molecule has 5 rings (SSSR count). The third-order valence-corrected chi connectivity index (χ3v) is 5.84. The molecule has 1 aromatic heterocycles. The van der Waals surface area contributed by atoms with E-state index < -0.39 is 0 Å². The van der Waals surface area contributed by atoms with Gasteiger partial charge in [-0.1, -0.05) is 12.1 Å². The van der Waals surface area contributed by atoms with Crippen molar-refractivity contribution in [3.8, 4) is 5.75 Å². The molecule has 2 atom stereocenters. The van der Waals surface area contributed by atoms with Gasteiger partial charge in [-0.25, -0.2) is 4.39 Å². The number of halogens is 2. The normalized spacial score (nSPS) is 21.0. The zero-order valence-corrected chi connectivity index (χ0v) is 16.4. The molecule has 1 N–H and O–H groups in total. The molecule has 0 unspecified atom stereocenters. The first-order chi connectivity index (χ1) is 13.3. The lowest BCUT2D eigenvalue weighted by Crippen LogP contribution is -2.50. The van der Waals surface area contributed by atoms with Crippen molar-refractivity contribution in [3.05, 3.63) is 71.8 Å². The van der Waals surface area contributed by atoms with Crippen LogP contribution in [0.15, 0.2) is 54.9 Å². The third-order valence-electron chi connectivity index (χ3n) is 5.84. The second-order valence-corrected chi connectivity index (χ2v) is 7.69. The van der Waals surface area contributed by atoms with Crippen LogP contribution in [-0.2, 0) is 6.54 Å². The van der Waals surface area contributed by atoms with Gasteiger partial charge in [0.15, 0.2) is 0 Å². The molecule has 2 fully saturated rings. The van der Waals surface area contributed by atoms with Gasteiger partial charge in [0, 0.05) is 35.9 Å². The first kappa shape index (κ1) is 19.2. The van der Waals surface area contributed by atoms with Crippen LogP contribution >= 0.6 is 12.4 Å². The summed E-state index contributed by atoms with van der Waals surface area (Å²) in [7, 11) is 0. The minimum absolute atomic E-state index is 0. The van der Waals surface area contributed by atoms with Gasteiger partial charge in [-0.2, -0.15) is 0 Å². The Balaban J connectivity index is 0.00000192. The van der Waals surface area contributed by atoms with Crippen LogP contribution in [0, 0.1) is 5.82 Å². The Morgan fingerprint density at radius 1 is 1.00 bits per heavy atom. The van der Waals surface area contributed by atoms with Gasteiger partial charge in [-0.05, 0) is 72.9 Å². The minimum atomic E-state index is -0.173. The SMILES string of the molecule is Cl.Fc1ccc2cnccc2c1CN[C@@H]1CC[C@H]1Oc1ccc(C2CC2)cc1. The van der Waals surface area contributed by atoms with E-state index in [-0.39, 0.29) is 30.4 Å². The molecule has 2 saturated carbocycles. The van der Waals surface area contributed by atoms with E-state index in [4.69, 9.17) is 4.74 Å². The number of pyridine rings is 1. The molecule has 5 heteroatoms. The van der Waals surface area contributed by atoms with E-state index >= 15 is 0 Å². The number of ether oxygens (including phenoxy) is 1. The van der Waals surface area contributed by atoms with Crippen LogP contribution in [0.4, 0.5) is 4.39 Å². The highest BCUT2D eigenvalue weighted by Crippen LogP contribution is 2.40. The fourth-order valence-electron chi connectivity index (χ4n) is 3.87. The molecule has 1 heterocycles. The maximum absolute atomic E-state index is 14.4. The summed E-state index contributed by atoms with van der Waals surface area (Å²) in [5, 5.41) is 5.38. The van der Waals surface area contributed by atoms with Crippen LogP contribution in [-0.4, -0.2) is 17.1 Å². The van der Waals surface area contributed by atoms with E-state index in [1.54, 1.807) is 18.5 Å². The Morgan fingerprint density at radius 2 is 1.82 bits per heavy atom. The summed E-state index contributed by atoms with van der Waals surface area (Å²) in [6.45, 7) is 0.498. The number of hydrogen-bond donors (Lipinski definition) is 1. The Kier molecular flexibility index (Phi) is 5.51. The van der Waals surface area contributed by atoms with Crippen LogP contribution in [0.3, 0.4) is 0 Å². The predicted octanol–water partition coefficient (Wildman–Crippen LogP) is 5.37. The average Bonchev–Trinajstić information content (AvgIpc) is 3.53. The van der Waals surface area contributed by atoms with Crippen molar-refractivity contribution >= 4 is 23.2 Å².